The van der Waals surface area contributed by atoms with Gasteiger partial charge in [0.25, 0.3) is 0 Å². The number of fused-ring (bicyclic) bond motifs is 6. The van der Waals surface area contributed by atoms with Crippen LogP contribution in [-0.2, 0) is 0 Å². The van der Waals surface area contributed by atoms with Gasteiger partial charge in [-0.1, -0.05) is 182 Å². The molecule has 1 aromatic heterocycles. The van der Waals surface area contributed by atoms with Crippen molar-refractivity contribution in [2.45, 2.75) is 0 Å². The molecule has 0 radical (unpaired) electrons. The number of benzene rings is 10. The summed E-state index contributed by atoms with van der Waals surface area (Å²) in [7, 11) is 0. The number of para-hydroxylation sites is 2. The predicted molar refractivity (Wildman–Crippen MR) is 233 cm³/mol. The molecule has 0 aliphatic carbocycles. The van der Waals surface area contributed by atoms with Gasteiger partial charge in [0.15, 0.2) is 0 Å². The van der Waals surface area contributed by atoms with E-state index in [0.717, 1.165) is 33.1 Å². The maximum Gasteiger partial charge on any atom is 0.143 e. The molecule has 10 aromatic carbocycles. The second-order valence-electron chi connectivity index (χ2n) is 14.4. The fourth-order valence-corrected chi connectivity index (χ4v) is 8.71. The summed E-state index contributed by atoms with van der Waals surface area (Å²) in [6, 6.07) is 74.9. The van der Waals surface area contributed by atoms with Crippen LogP contribution in [-0.4, -0.2) is 0 Å². The second-order valence-corrected chi connectivity index (χ2v) is 14.4. The van der Waals surface area contributed by atoms with Crippen molar-refractivity contribution in [3.63, 3.8) is 0 Å². The molecule has 256 valence electrons. The number of hydrogen-bond acceptors (Lipinski definition) is 1. The third-order valence-corrected chi connectivity index (χ3v) is 11.3. The minimum absolute atomic E-state index is 0.907. The molecule has 0 saturated heterocycles. The Labute approximate surface area is 319 Å². The Morgan fingerprint density at radius 1 is 0.255 bits per heavy atom. The Morgan fingerprint density at radius 3 is 1.55 bits per heavy atom. The highest BCUT2D eigenvalue weighted by atomic mass is 16.3. The first-order valence-electron chi connectivity index (χ1n) is 18.9. The zero-order valence-electron chi connectivity index (χ0n) is 30.0. The number of furan rings is 1. The zero-order chi connectivity index (χ0) is 36.3. The van der Waals surface area contributed by atoms with Crippen molar-refractivity contribution in [2.75, 3.05) is 0 Å². The summed E-state index contributed by atoms with van der Waals surface area (Å²) < 4.78 is 6.54. The lowest BCUT2D eigenvalue weighted by Gasteiger charge is -2.21. The van der Waals surface area contributed by atoms with Crippen LogP contribution in [0.15, 0.2) is 211 Å². The standard InChI is InChI=1S/C54H34O/c1-3-14-35(15-4-1)38-29-31-47-49(33-38)52(41-21-11-20-40(32-41)43-24-13-26-48-44-23-9-10-27-51(44)55-54(43)48)46-30-28-39(36-16-5-2-6-17-36)34-50(46)53(47)45-25-12-19-37-18-7-8-22-42(37)45/h1-34H. The summed E-state index contributed by atoms with van der Waals surface area (Å²) in [6.07, 6.45) is 0. The normalized spacial score (nSPS) is 11.6. The van der Waals surface area contributed by atoms with Crippen LogP contribution in [0, 0.1) is 0 Å². The van der Waals surface area contributed by atoms with Gasteiger partial charge < -0.3 is 4.42 Å². The molecule has 0 N–H and O–H groups in total. The van der Waals surface area contributed by atoms with E-state index in [4.69, 9.17) is 4.42 Å². The fourth-order valence-electron chi connectivity index (χ4n) is 8.71. The van der Waals surface area contributed by atoms with Crippen LogP contribution < -0.4 is 0 Å². The van der Waals surface area contributed by atoms with Crippen LogP contribution in [0.1, 0.15) is 0 Å². The molecule has 0 unspecified atom stereocenters. The lowest BCUT2D eigenvalue weighted by molar-refractivity contribution is 0.670. The number of rotatable bonds is 5. The average Bonchev–Trinajstić information content (AvgIpc) is 3.65. The topological polar surface area (TPSA) is 13.1 Å². The van der Waals surface area contributed by atoms with Gasteiger partial charge in [-0.15, -0.1) is 0 Å². The minimum Gasteiger partial charge on any atom is -0.455 e. The van der Waals surface area contributed by atoms with Gasteiger partial charge in [0.2, 0.25) is 0 Å². The Hall–Kier alpha value is -7.22. The van der Waals surface area contributed by atoms with Gasteiger partial charge in [0.1, 0.15) is 11.2 Å². The molecule has 0 bridgehead atoms. The zero-order valence-corrected chi connectivity index (χ0v) is 30.0. The molecule has 0 atom stereocenters. The Morgan fingerprint density at radius 2 is 0.782 bits per heavy atom. The molecule has 0 fully saturated rings. The number of hydrogen-bond donors (Lipinski definition) is 0. The van der Waals surface area contributed by atoms with E-state index in [0.29, 0.717) is 0 Å². The molecule has 0 aliphatic heterocycles. The molecule has 55 heavy (non-hydrogen) atoms. The summed E-state index contributed by atoms with van der Waals surface area (Å²) in [6.45, 7) is 0. The van der Waals surface area contributed by atoms with E-state index in [1.807, 2.05) is 6.07 Å². The van der Waals surface area contributed by atoms with Gasteiger partial charge in [-0.2, -0.15) is 0 Å². The van der Waals surface area contributed by atoms with Crippen LogP contribution in [0.4, 0.5) is 0 Å². The smallest absolute Gasteiger partial charge is 0.143 e. The van der Waals surface area contributed by atoms with Crippen molar-refractivity contribution in [1.29, 1.82) is 0 Å². The molecule has 0 aliphatic rings. The highest BCUT2D eigenvalue weighted by Gasteiger charge is 2.21. The van der Waals surface area contributed by atoms with E-state index in [-0.39, 0.29) is 0 Å². The third-order valence-electron chi connectivity index (χ3n) is 11.3. The summed E-state index contributed by atoms with van der Waals surface area (Å²) in [5.41, 5.74) is 13.7. The van der Waals surface area contributed by atoms with Crippen LogP contribution >= 0.6 is 0 Å². The third kappa shape index (κ3) is 5.16. The van der Waals surface area contributed by atoms with E-state index in [1.54, 1.807) is 0 Å². The quantitative estimate of drug-likeness (QED) is 0.163. The molecule has 0 spiro atoms. The lowest BCUT2D eigenvalue weighted by atomic mass is 9.82. The average molecular weight is 699 g/mol. The summed E-state index contributed by atoms with van der Waals surface area (Å²) in [5.74, 6) is 0. The van der Waals surface area contributed by atoms with Crippen molar-refractivity contribution >= 4 is 54.3 Å². The van der Waals surface area contributed by atoms with Crippen molar-refractivity contribution in [3.05, 3.63) is 206 Å². The first-order valence-corrected chi connectivity index (χ1v) is 18.9. The molecule has 11 rings (SSSR count). The van der Waals surface area contributed by atoms with Crippen LogP contribution in [0.3, 0.4) is 0 Å². The second kappa shape index (κ2) is 12.7. The summed E-state index contributed by atoms with van der Waals surface area (Å²) in [4.78, 5) is 0. The highest BCUT2D eigenvalue weighted by molar-refractivity contribution is 6.24. The van der Waals surface area contributed by atoms with Gasteiger partial charge in [0.05, 0.1) is 0 Å². The maximum absolute atomic E-state index is 6.54. The molecule has 11 aromatic rings. The van der Waals surface area contributed by atoms with Crippen LogP contribution in [0.2, 0.25) is 0 Å². The summed E-state index contributed by atoms with van der Waals surface area (Å²) >= 11 is 0. The van der Waals surface area contributed by atoms with Crippen molar-refractivity contribution < 1.29 is 4.42 Å². The van der Waals surface area contributed by atoms with Gasteiger partial charge >= 0.3 is 0 Å². The molecule has 1 heteroatoms. The van der Waals surface area contributed by atoms with E-state index in [1.165, 1.54) is 76.8 Å². The predicted octanol–water partition coefficient (Wildman–Crippen LogP) is 15.4. The molecule has 1 heterocycles. The van der Waals surface area contributed by atoms with Crippen LogP contribution in [0.5, 0.6) is 0 Å². The van der Waals surface area contributed by atoms with E-state index in [2.05, 4.69) is 200 Å². The molecule has 0 saturated carbocycles. The van der Waals surface area contributed by atoms with E-state index >= 15 is 0 Å². The summed E-state index contributed by atoms with van der Waals surface area (Å²) in [5, 5.41) is 9.67. The van der Waals surface area contributed by atoms with Crippen molar-refractivity contribution in [2.24, 2.45) is 0 Å². The van der Waals surface area contributed by atoms with Gasteiger partial charge in [-0.3, -0.25) is 0 Å². The first-order chi connectivity index (χ1) is 27.3. The maximum atomic E-state index is 6.54. The van der Waals surface area contributed by atoms with Gasteiger partial charge in [-0.05, 0) is 107 Å². The monoisotopic (exact) mass is 698 g/mol. The van der Waals surface area contributed by atoms with Gasteiger partial charge in [-0.25, -0.2) is 0 Å². The highest BCUT2D eigenvalue weighted by Crippen LogP contribution is 2.48. The molecular weight excluding hydrogens is 665 g/mol. The fraction of sp³-hybridized carbons (Fsp3) is 0. The van der Waals surface area contributed by atoms with Crippen LogP contribution in [0.25, 0.3) is 110 Å². The first kappa shape index (κ1) is 31.3. The van der Waals surface area contributed by atoms with E-state index in [9.17, 15) is 0 Å². The Bertz CT molecular complexity index is 3240. The lowest BCUT2D eigenvalue weighted by Crippen LogP contribution is -1.93. The molecule has 0 amide bonds. The minimum atomic E-state index is 0.907. The van der Waals surface area contributed by atoms with Gasteiger partial charge in [0, 0.05) is 16.3 Å². The van der Waals surface area contributed by atoms with Crippen molar-refractivity contribution in [1.82, 2.24) is 0 Å². The Balaban J connectivity index is 1.25. The SMILES string of the molecule is c1ccc(-c2ccc3c(-c4cccc5ccccc45)c4cc(-c5ccccc5)ccc4c(-c4cccc(-c5cccc6c5oc5ccccc56)c4)c3c2)cc1. The van der Waals surface area contributed by atoms with E-state index < -0.39 is 0 Å². The molecule has 1 nitrogen and oxygen atoms in total. The van der Waals surface area contributed by atoms with Crippen molar-refractivity contribution in [3.8, 4) is 55.6 Å². The molecular formula is C54H34O. The Kier molecular flexibility index (Phi) is 7.25. The largest absolute Gasteiger partial charge is 0.455 e.